The van der Waals surface area contributed by atoms with Crippen molar-refractivity contribution >= 4 is 23.2 Å². The van der Waals surface area contributed by atoms with Crippen LogP contribution in [0.5, 0.6) is 5.75 Å². The summed E-state index contributed by atoms with van der Waals surface area (Å²) >= 11 is 0. The number of hydrogen-bond acceptors (Lipinski definition) is 6. The molecule has 4 rings (SSSR count). The molecule has 9 heteroatoms. The Bertz CT molecular complexity index is 1420. The zero-order valence-electron chi connectivity index (χ0n) is 20.7. The molecule has 188 valence electrons. The molecule has 9 nitrogen and oxygen atoms in total. The second kappa shape index (κ2) is 10.2. The van der Waals surface area contributed by atoms with Gasteiger partial charge in [-0.15, -0.1) is 0 Å². The Labute approximate surface area is 208 Å². The molecule has 1 aromatic heterocycles. The van der Waals surface area contributed by atoms with E-state index in [4.69, 9.17) is 10.5 Å². The van der Waals surface area contributed by atoms with Gasteiger partial charge >= 0.3 is 5.69 Å². The minimum Gasteiger partial charge on any atom is -0.483 e. The number of aromatic amines is 1. The van der Waals surface area contributed by atoms with Crippen LogP contribution in [0.25, 0.3) is 0 Å². The fourth-order valence-electron chi connectivity index (χ4n) is 4.79. The van der Waals surface area contributed by atoms with Gasteiger partial charge < -0.3 is 15.4 Å². The number of amides is 1. The highest BCUT2D eigenvalue weighted by atomic mass is 16.5. The molecular weight excluding hydrogens is 460 g/mol. The molecule has 0 fully saturated rings. The number of benzene rings is 2. The summed E-state index contributed by atoms with van der Waals surface area (Å²) in [7, 11) is 0. The first kappa shape index (κ1) is 25.0. The fourth-order valence-corrected chi connectivity index (χ4v) is 4.79. The molecule has 1 heterocycles. The second-order valence-corrected chi connectivity index (χ2v) is 9.10. The van der Waals surface area contributed by atoms with E-state index >= 15 is 0 Å². The molecule has 1 unspecified atom stereocenters. The number of ketones is 1. The molecule has 0 bridgehead atoms. The molecule has 1 amide bonds. The Hall–Kier alpha value is -4.14. The highest BCUT2D eigenvalue weighted by molar-refractivity contribution is 6.04. The van der Waals surface area contributed by atoms with E-state index in [2.05, 4.69) is 4.98 Å². The number of Topliss-reactive ketones (excluding diaryl/α,β-unsaturated/α-hetero) is 1. The van der Waals surface area contributed by atoms with E-state index in [0.717, 1.165) is 16.7 Å². The van der Waals surface area contributed by atoms with Crippen LogP contribution in [-0.4, -0.2) is 34.4 Å². The second-order valence-electron chi connectivity index (χ2n) is 9.10. The number of hydrogen-bond donors (Lipinski definition) is 2. The largest absolute Gasteiger partial charge is 0.483 e. The van der Waals surface area contributed by atoms with Crippen LogP contribution in [0.3, 0.4) is 0 Å². The summed E-state index contributed by atoms with van der Waals surface area (Å²) in [5.74, 6) is -0.179. The van der Waals surface area contributed by atoms with Crippen LogP contribution >= 0.6 is 0 Å². The number of nitrogen functional groups attached to an aromatic ring is 1. The maximum atomic E-state index is 13.3. The minimum atomic E-state index is -0.746. The fraction of sp³-hybridized carbons (Fsp3) is 0.333. The number of carbonyl (C=O) groups excluding carboxylic acids is 2. The van der Waals surface area contributed by atoms with Crippen molar-refractivity contribution in [2.24, 2.45) is 0 Å². The topological polar surface area (TPSA) is 127 Å². The summed E-state index contributed by atoms with van der Waals surface area (Å²) in [5, 5.41) is 0. The number of rotatable bonds is 8. The molecule has 0 radical (unpaired) electrons. The molecule has 1 atom stereocenters. The predicted molar refractivity (Wildman–Crippen MR) is 138 cm³/mol. The zero-order valence-corrected chi connectivity index (χ0v) is 20.7. The third kappa shape index (κ3) is 4.68. The van der Waals surface area contributed by atoms with Crippen molar-refractivity contribution in [2.75, 3.05) is 23.8 Å². The number of nitrogens with one attached hydrogen (secondary N) is 1. The van der Waals surface area contributed by atoms with Crippen LogP contribution in [0.2, 0.25) is 0 Å². The predicted octanol–water partition coefficient (Wildman–Crippen LogP) is 2.99. The smallest absolute Gasteiger partial charge is 0.330 e. The lowest BCUT2D eigenvalue weighted by atomic mass is 9.97. The van der Waals surface area contributed by atoms with Crippen LogP contribution in [0.15, 0.2) is 52.1 Å². The Morgan fingerprint density at radius 3 is 2.58 bits per heavy atom. The normalized spacial score (nSPS) is 14.5. The summed E-state index contributed by atoms with van der Waals surface area (Å²) in [6.07, 6.45) is 0.944. The van der Waals surface area contributed by atoms with E-state index in [1.165, 1.54) is 9.47 Å². The highest BCUT2D eigenvalue weighted by Gasteiger charge is 2.32. The van der Waals surface area contributed by atoms with E-state index < -0.39 is 23.8 Å². The van der Waals surface area contributed by atoms with Crippen LogP contribution in [0.1, 0.15) is 59.7 Å². The van der Waals surface area contributed by atoms with Crippen LogP contribution < -0.4 is 26.6 Å². The first-order valence-corrected chi connectivity index (χ1v) is 12.0. The third-order valence-corrected chi connectivity index (χ3v) is 6.46. The number of aryl methyl sites for hydroxylation is 1. The van der Waals surface area contributed by atoms with Gasteiger partial charge in [0.05, 0.1) is 12.1 Å². The summed E-state index contributed by atoms with van der Waals surface area (Å²) < 4.78 is 7.06. The average molecular weight is 491 g/mol. The van der Waals surface area contributed by atoms with E-state index in [-0.39, 0.29) is 36.3 Å². The molecule has 0 aliphatic heterocycles. The average Bonchev–Trinajstić information content (AvgIpc) is 3.16. The van der Waals surface area contributed by atoms with Crippen molar-refractivity contribution in [3.8, 4) is 5.75 Å². The molecule has 1 aliphatic rings. The SMILES string of the molecule is CCCN(C(=O)COc1ccc(C)c2c1C(=O)CC2C)c1c(N)n(Cc2ccccc2)c(=O)[nH]c1=O. The van der Waals surface area contributed by atoms with Crippen LogP contribution in [0.4, 0.5) is 11.5 Å². The molecule has 36 heavy (non-hydrogen) atoms. The van der Waals surface area contributed by atoms with E-state index in [1.807, 2.05) is 57.2 Å². The van der Waals surface area contributed by atoms with Crippen molar-refractivity contribution < 1.29 is 14.3 Å². The number of nitrogens with zero attached hydrogens (tertiary/aromatic N) is 2. The van der Waals surface area contributed by atoms with E-state index in [9.17, 15) is 19.2 Å². The number of H-pyrrole nitrogens is 1. The van der Waals surface area contributed by atoms with E-state index in [1.54, 1.807) is 6.07 Å². The number of ether oxygens (including phenoxy) is 1. The van der Waals surface area contributed by atoms with Crippen molar-refractivity contribution in [3.05, 3.63) is 85.6 Å². The van der Waals surface area contributed by atoms with Gasteiger partial charge in [0.1, 0.15) is 11.6 Å². The standard InChI is InChI=1S/C27H30N4O5/c1-4-12-30(21(33)15-36-20-11-10-16(2)22-17(3)13-19(32)23(20)22)24-25(28)31(27(35)29-26(24)34)14-18-8-6-5-7-9-18/h5-11,17H,4,12-15,28H2,1-3H3,(H,29,34,35). The van der Waals surface area contributed by atoms with E-state index in [0.29, 0.717) is 24.2 Å². The molecule has 3 aromatic rings. The van der Waals surface area contributed by atoms with Crippen molar-refractivity contribution in [1.29, 1.82) is 0 Å². The third-order valence-electron chi connectivity index (χ3n) is 6.46. The lowest BCUT2D eigenvalue weighted by molar-refractivity contribution is -0.120. The van der Waals surface area contributed by atoms with Crippen LogP contribution in [0, 0.1) is 6.92 Å². The molecule has 0 saturated carbocycles. The number of fused-ring (bicyclic) bond motifs is 1. The van der Waals surface area contributed by atoms with Crippen molar-refractivity contribution in [1.82, 2.24) is 9.55 Å². The van der Waals surface area contributed by atoms with Gasteiger partial charge in [0, 0.05) is 13.0 Å². The molecule has 2 aromatic carbocycles. The number of aromatic nitrogens is 2. The highest BCUT2D eigenvalue weighted by Crippen LogP contribution is 2.40. The van der Waals surface area contributed by atoms with Crippen molar-refractivity contribution in [2.45, 2.75) is 46.1 Å². The summed E-state index contributed by atoms with van der Waals surface area (Å²) in [6.45, 7) is 5.74. The maximum absolute atomic E-state index is 13.3. The summed E-state index contributed by atoms with van der Waals surface area (Å²) in [4.78, 5) is 54.8. The number of nitrogens with two attached hydrogens (primary N) is 1. The lowest BCUT2D eigenvalue weighted by Gasteiger charge is -2.24. The monoisotopic (exact) mass is 490 g/mol. The minimum absolute atomic E-state index is 0.0114. The van der Waals surface area contributed by atoms with Crippen LogP contribution in [-0.2, 0) is 11.3 Å². The van der Waals surface area contributed by atoms with Gasteiger partial charge in [-0.1, -0.05) is 50.2 Å². The van der Waals surface area contributed by atoms with Gasteiger partial charge in [0.15, 0.2) is 18.1 Å². The van der Waals surface area contributed by atoms with Gasteiger partial charge in [0.2, 0.25) is 0 Å². The van der Waals surface area contributed by atoms with Gasteiger partial charge in [-0.25, -0.2) is 4.79 Å². The molecule has 0 spiro atoms. The Balaban J connectivity index is 1.64. The Kier molecular flexibility index (Phi) is 7.10. The first-order valence-electron chi connectivity index (χ1n) is 12.0. The Morgan fingerprint density at radius 1 is 1.17 bits per heavy atom. The quantitative estimate of drug-likeness (QED) is 0.500. The van der Waals surface area contributed by atoms with Crippen molar-refractivity contribution in [3.63, 3.8) is 0 Å². The summed E-state index contributed by atoms with van der Waals surface area (Å²) in [5.41, 5.74) is 8.08. The molecule has 0 saturated heterocycles. The van der Waals surface area contributed by atoms with Gasteiger partial charge in [-0.2, -0.15) is 0 Å². The zero-order chi connectivity index (χ0) is 26.0. The lowest BCUT2D eigenvalue weighted by Crippen LogP contribution is -2.43. The van der Waals surface area contributed by atoms with Gasteiger partial charge in [-0.3, -0.25) is 23.9 Å². The first-order chi connectivity index (χ1) is 17.2. The number of carbonyl (C=O) groups is 2. The maximum Gasteiger partial charge on any atom is 0.330 e. The molecule has 1 aliphatic carbocycles. The number of anilines is 2. The van der Waals surface area contributed by atoms with Gasteiger partial charge in [-0.05, 0) is 42.0 Å². The Morgan fingerprint density at radius 2 is 1.89 bits per heavy atom. The molecular formula is C27H30N4O5. The molecule has 3 N–H and O–H groups in total. The van der Waals surface area contributed by atoms with Gasteiger partial charge in [0.25, 0.3) is 11.5 Å². The summed E-state index contributed by atoms with van der Waals surface area (Å²) in [6, 6.07) is 12.8.